The Hall–Kier alpha value is -2.19. The molecule has 0 spiro atoms. The molecule has 2 aromatic heterocycles. The topological polar surface area (TPSA) is 75.0 Å². The highest BCUT2D eigenvalue weighted by molar-refractivity contribution is 5.74. The third-order valence-corrected chi connectivity index (χ3v) is 5.09. The van der Waals surface area contributed by atoms with E-state index in [2.05, 4.69) is 20.4 Å². The van der Waals surface area contributed by atoms with Crippen LogP contribution in [0.1, 0.15) is 18.7 Å². The van der Waals surface area contributed by atoms with E-state index in [1.165, 1.54) is 0 Å². The summed E-state index contributed by atoms with van der Waals surface area (Å²) in [6.07, 6.45) is 4.11. The number of piperazine rings is 1. The summed E-state index contributed by atoms with van der Waals surface area (Å²) in [7, 11) is 0. The van der Waals surface area contributed by atoms with Gasteiger partial charge in [0.2, 0.25) is 0 Å². The lowest BCUT2D eigenvalue weighted by Crippen LogP contribution is -2.54. The minimum atomic E-state index is -0.0284. The lowest BCUT2D eigenvalue weighted by atomic mass is 10.1. The van der Waals surface area contributed by atoms with Gasteiger partial charge in [0.1, 0.15) is 0 Å². The van der Waals surface area contributed by atoms with Gasteiger partial charge < -0.3 is 15.0 Å². The zero-order valence-corrected chi connectivity index (χ0v) is 14.3. The lowest BCUT2D eigenvalue weighted by Gasteiger charge is -2.40. The fourth-order valence-electron chi connectivity index (χ4n) is 3.62. The summed E-state index contributed by atoms with van der Waals surface area (Å²) in [5.41, 5.74) is 0.789. The van der Waals surface area contributed by atoms with Crippen molar-refractivity contribution in [2.45, 2.75) is 25.4 Å². The fraction of sp³-hybridized carbons (Fsp3) is 0.588. The Kier molecular flexibility index (Phi) is 4.80. The largest absolute Gasteiger partial charge is 0.381 e. The number of urea groups is 1. The van der Waals surface area contributed by atoms with Crippen LogP contribution in [0.15, 0.2) is 24.4 Å². The van der Waals surface area contributed by atoms with Crippen LogP contribution in [0.2, 0.25) is 0 Å². The molecular weight excluding hydrogens is 320 g/mol. The maximum atomic E-state index is 12.4. The molecule has 2 aliphatic heterocycles. The molecule has 25 heavy (non-hydrogen) atoms. The first-order valence-corrected chi connectivity index (χ1v) is 8.94. The Labute approximate surface area is 146 Å². The summed E-state index contributed by atoms with van der Waals surface area (Å²) in [4.78, 5) is 16.8. The van der Waals surface area contributed by atoms with E-state index >= 15 is 0 Å². The minimum absolute atomic E-state index is 0.0284. The second kappa shape index (κ2) is 7.37. The summed E-state index contributed by atoms with van der Waals surface area (Å²) >= 11 is 0. The summed E-state index contributed by atoms with van der Waals surface area (Å²) in [5, 5.41) is 11.2. The smallest absolute Gasteiger partial charge is 0.317 e. The van der Waals surface area contributed by atoms with Gasteiger partial charge in [-0.2, -0.15) is 0 Å². The third-order valence-electron chi connectivity index (χ3n) is 5.09. The molecule has 0 saturated carbocycles. The van der Waals surface area contributed by atoms with E-state index in [4.69, 9.17) is 4.74 Å². The molecule has 0 unspecified atom stereocenters. The van der Waals surface area contributed by atoms with Gasteiger partial charge in [-0.05, 0) is 25.0 Å². The van der Waals surface area contributed by atoms with Gasteiger partial charge in [-0.15, -0.1) is 10.2 Å². The molecule has 134 valence electrons. The number of rotatable bonds is 3. The summed E-state index contributed by atoms with van der Waals surface area (Å²) in [6.45, 7) is 5.50. The molecule has 1 N–H and O–H groups in total. The van der Waals surface area contributed by atoms with E-state index in [1.807, 2.05) is 33.7 Å². The second-order valence-electron chi connectivity index (χ2n) is 6.57. The van der Waals surface area contributed by atoms with E-state index in [0.717, 1.165) is 63.7 Å². The van der Waals surface area contributed by atoms with Gasteiger partial charge in [0.05, 0.1) is 6.54 Å². The molecule has 2 aliphatic rings. The summed E-state index contributed by atoms with van der Waals surface area (Å²) in [5.74, 6) is 0.741. The van der Waals surface area contributed by atoms with Crippen molar-refractivity contribution in [2.75, 3.05) is 39.4 Å². The van der Waals surface area contributed by atoms with Gasteiger partial charge in [-0.3, -0.25) is 9.30 Å². The Morgan fingerprint density at radius 2 is 1.96 bits per heavy atom. The third kappa shape index (κ3) is 3.59. The number of amides is 2. The van der Waals surface area contributed by atoms with Crippen molar-refractivity contribution in [3.05, 3.63) is 30.2 Å². The maximum Gasteiger partial charge on any atom is 0.317 e. The van der Waals surface area contributed by atoms with Gasteiger partial charge in [-0.25, -0.2) is 4.79 Å². The highest BCUT2D eigenvalue weighted by Gasteiger charge is 2.27. The molecule has 0 radical (unpaired) electrons. The first-order valence-electron chi connectivity index (χ1n) is 8.94. The number of carbonyl (C=O) groups is 1. The molecule has 0 aromatic carbocycles. The Morgan fingerprint density at radius 3 is 2.76 bits per heavy atom. The van der Waals surface area contributed by atoms with Crippen molar-refractivity contribution in [2.24, 2.45) is 0 Å². The van der Waals surface area contributed by atoms with Crippen LogP contribution in [0.3, 0.4) is 0 Å². The number of ether oxygens (including phenoxy) is 1. The zero-order chi connectivity index (χ0) is 17.1. The number of aromatic nitrogens is 3. The SMILES string of the molecule is O=C(NCc1nnc2ccccn12)N1CCN(C2CCOCC2)CC1. The molecule has 2 aromatic rings. The molecule has 2 amide bonds. The number of nitrogens with zero attached hydrogens (tertiary/aromatic N) is 5. The number of fused-ring (bicyclic) bond motifs is 1. The first kappa shape index (κ1) is 16.3. The van der Waals surface area contributed by atoms with E-state index in [-0.39, 0.29) is 6.03 Å². The van der Waals surface area contributed by atoms with Crippen LogP contribution in [-0.2, 0) is 11.3 Å². The Bertz CT molecular complexity index is 719. The molecule has 0 atom stereocenters. The number of pyridine rings is 1. The van der Waals surface area contributed by atoms with Crippen molar-refractivity contribution in [3.63, 3.8) is 0 Å². The van der Waals surface area contributed by atoms with Crippen LogP contribution >= 0.6 is 0 Å². The highest BCUT2D eigenvalue weighted by Crippen LogP contribution is 2.16. The van der Waals surface area contributed by atoms with Gasteiger partial charge in [0.25, 0.3) is 0 Å². The standard InChI is InChI=1S/C17H24N6O2/c24-17(18-13-16-20-19-15-3-1-2-6-23(15)16)22-9-7-21(8-10-22)14-4-11-25-12-5-14/h1-3,6,14H,4-5,7-13H2,(H,18,24). The zero-order valence-electron chi connectivity index (χ0n) is 14.3. The minimum Gasteiger partial charge on any atom is -0.381 e. The predicted octanol–water partition coefficient (Wildman–Crippen LogP) is 0.735. The van der Waals surface area contributed by atoms with Crippen molar-refractivity contribution >= 4 is 11.7 Å². The average Bonchev–Trinajstić information content (AvgIpc) is 3.10. The molecule has 0 bridgehead atoms. The second-order valence-corrected chi connectivity index (χ2v) is 6.57. The van der Waals surface area contributed by atoms with Crippen molar-refractivity contribution in [1.29, 1.82) is 0 Å². The van der Waals surface area contributed by atoms with E-state index in [0.29, 0.717) is 12.6 Å². The lowest BCUT2D eigenvalue weighted by molar-refractivity contribution is 0.0187. The van der Waals surface area contributed by atoms with Crippen molar-refractivity contribution < 1.29 is 9.53 Å². The Morgan fingerprint density at radius 1 is 1.16 bits per heavy atom. The molecule has 2 saturated heterocycles. The monoisotopic (exact) mass is 344 g/mol. The van der Waals surface area contributed by atoms with Crippen molar-refractivity contribution in [1.82, 2.24) is 29.7 Å². The molecule has 4 heterocycles. The molecule has 2 fully saturated rings. The van der Waals surface area contributed by atoms with Gasteiger partial charge in [0.15, 0.2) is 11.5 Å². The fourth-order valence-corrected chi connectivity index (χ4v) is 3.62. The summed E-state index contributed by atoms with van der Waals surface area (Å²) in [6, 6.07) is 6.33. The van der Waals surface area contributed by atoms with Crippen LogP contribution in [0.5, 0.6) is 0 Å². The van der Waals surface area contributed by atoms with Crippen LogP contribution in [0.25, 0.3) is 5.65 Å². The van der Waals surface area contributed by atoms with Crippen molar-refractivity contribution in [3.8, 4) is 0 Å². The molecular formula is C17H24N6O2. The Balaban J connectivity index is 1.27. The number of hydrogen-bond acceptors (Lipinski definition) is 5. The molecule has 0 aliphatic carbocycles. The van der Waals surface area contributed by atoms with Crippen LogP contribution < -0.4 is 5.32 Å². The highest BCUT2D eigenvalue weighted by atomic mass is 16.5. The van der Waals surface area contributed by atoms with E-state index < -0.39 is 0 Å². The normalized spacial score (nSPS) is 20.1. The van der Waals surface area contributed by atoms with Crippen LogP contribution in [-0.4, -0.2) is 75.9 Å². The first-order chi connectivity index (χ1) is 12.3. The summed E-state index contributed by atoms with van der Waals surface area (Å²) < 4.78 is 7.33. The van der Waals surface area contributed by atoms with E-state index in [9.17, 15) is 4.79 Å². The van der Waals surface area contributed by atoms with Gasteiger partial charge in [0, 0.05) is 51.6 Å². The number of nitrogens with one attached hydrogen (secondary N) is 1. The van der Waals surface area contributed by atoms with E-state index in [1.54, 1.807) is 0 Å². The van der Waals surface area contributed by atoms with Crippen LogP contribution in [0.4, 0.5) is 4.79 Å². The number of carbonyl (C=O) groups excluding carboxylic acids is 1. The van der Waals surface area contributed by atoms with Gasteiger partial charge >= 0.3 is 6.03 Å². The van der Waals surface area contributed by atoms with Gasteiger partial charge in [-0.1, -0.05) is 6.07 Å². The quantitative estimate of drug-likeness (QED) is 0.889. The molecule has 8 heteroatoms. The number of hydrogen-bond donors (Lipinski definition) is 1. The average molecular weight is 344 g/mol. The maximum absolute atomic E-state index is 12.4. The predicted molar refractivity (Wildman–Crippen MR) is 92.2 cm³/mol. The molecule has 4 rings (SSSR count). The van der Waals surface area contributed by atoms with Crippen LogP contribution in [0, 0.1) is 0 Å². The molecule has 8 nitrogen and oxygen atoms in total.